The molecule has 0 bridgehead atoms. The van der Waals surface area contributed by atoms with Crippen LogP contribution in [-0.4, -0.2) is 16.4 Å². The third-order valence-electron chi connectivity index (χ3n) is 3.77. The van der Waals surface area contributed by atoms with Gasteiger partial charge in [0.1, 0.15) is 27.2 Å². The van der Waals surface area contributed by atoms with Crippen LogP contribution >= 0.6 is 11.3 Å². The minimum atomic E-state index is -0.397. The summed E-state index contributed by atoms with van der Waals surface area (Å²) in [5.41, 5.74) is 13.9. The van der Waals surface area contributed by atoms with Crippen molar-refractivity contribution in [2.75, 3.05) is 11.5 Å². The number of hydrogen-bond donors (Lipinski definition) is 3. The van der Waals surface area contributed by atoms with Gasteiger partial charge in [0.15, 0.2) is 0 Å². The molecule has 26 heavy (non-hydrogen) atoms. The first-order valence-corrected chi connectivity index (χ1v) is 8.84. The van der Waals surface area contributed by atoms with E-state index in [1.807, 2.05) is 51.1 Å². The SMILES string of the molecule is CC(C)(C)NC(=O)c1sc2nc(N)c(C#N)c(-c3ccccc3)c2c1N. The Balaban J connectivity index is 2.32. The lowest BCUT2D eigenvalue weighted by Crippen LogP contribution is -2.40. The van der Waals surface area contributed by atoms with Crippen molar-refractivity contribution in [3.05, 3.63) is 40.8 Å². The molecule has 7 heteroatoms. The van der Waals surface area contributed by atoms with Crippen molar-refractivity contribution in [1.29, 1.82) is 5.26 Å². The zero-order chi connectivity index (χ0) is 19.1. The Hall–Kier alpha value is -3.11. The summed E-state index contributed by atoms with van der Waals surface area (Å²) in [4.78, 5) is 17.8. The minimum absolute atomic E-state index is 0.128. The second-order valence-corrected chi connectivity index (χ2v) is 7.95. The number of thiophene rings is 1. The van der Waals surface area contributed by atoms with Crippen LogP contribution in [0.4, 0.5) is 11.5 Å². The predicted molar refractivity (Wildman–Crippen MR) is 106 cm³/mol. The molecule has 3 rings (SSSR count). The number of nitrogens with one attached hydrogen (secondary N) is 1. The lowest BCUT2D eigenvalue weighted by Gasteiger charge is -2.20. The van der Waals surface area contributed by atoms with E-state index >= 15 is 0 Å². The van der Waals surface area contributed by atoms with E-state index in [0.717, 1.165) is 5.56 Å². The fourth-order valence-electron chi connectivity index (χ4n) is 2.74. The zero-order valence-corrected chi connectivity index (χ0v) is 15.6. The molecule has 2 aromatic heterocycles. The number of pyridine rings is 1. The average molecular weight is 365 g/mol. The number of nitrogen functional groups attached to an aromatic ring is 2. The van der Waals surface area contributed by atoms with E-state index in [9.17, 15) is 10.1 Å². The van der Waals surface area contributed by atoms with Crippen LogP contribution in [-0.2, 0) is 0 Å². The molecule has 0 radical (unpaired) electrons. The molecule has 1 amide bonds. The molecule has 2 heterocycles. The first-order chi connectivity index (χ1) is 12.2. The van der Waals surface area contributed by atoms with Crippen LogP contribution in [0.15, 0.2) is 30.3 Å². The van der Waals surface area contributed by atoms with E-state index in [1.165, 1.54) is 11.3 Å². The van der Waals surface area contributed by atoms with E-state index in [-0.39, 0.29) is 17.3 Å². The number of nitrogens with two attached hydrogens (primary N) is 2. The van der Waals surface area contributed by atoms with Crippen molar-refractivity contribution >= 4 is 39.0 Å². The second kappa shape index (κ2) is 6.32. The molecule has 0 aliphatic heterocycles. The van der Waals surface area contributed by atoms with Crippen molar-refractivity contribution in [2.24, 2.45) is 0 Å². The highest BCUT2D eigenvalue weighted by Crippen LogP contribution is 2.42. The Morgan fingerprint density at radius 1 is 1.23 bits per heavy atom. The zero-order valence-electron chi connectivity index (χ0n) is 14.8. The quantitative estimate of drug-likeness (QED) is 0.642. The maximum Gasteiger partial charge on any atom is 0.263 e. The maximum atomic E-state index is 12.6. The topological polar surface area (TPSA) is 118 Å². The van der Waals surface area contributed by atoms with E-state index in [1.54, 1.807) is 0 Å². The Morgan fingerprint density at radius 2 is 1.88 bits per heavy atom. The Bertz CT molecular complexity index is 1040. The van der Waals surface area contributed by atoms with Crippen LogP contribution in [0.5, 0.6) is 0 Å². The number of carbonyl (C=O) groups is 1. The number of fused-ring (bicyclic) bond motifs is 1. The summed E-state index contributed by atoms with van der Waals surface area (Å²) in [6.07, 6.45) is 0. The molecule has 3 aromatic rings. The number of nitriles is 1. The lowest BCUT2D eigenvalue weighted by molar-refractivity contribution is 0.0924. The highest BCUT2D eigenvalue weighted by molar-refractivity contribution is 7.21. The molecule has 132 valence electrons. The summed E-state index contributed by atoms with van der Waals surface area (Å²) < 4.78 is 0. The first-order valence-electron chi connectivity index (χ1n) is 8.02. The van der Waals surface area contributed by atoms with Gasteiger partial charge in [-0.3, -0.25) is 4.79 Å². The largest absolute Gasteiger partial charge is 0.397 e. The fraction of sp³-hybridized carbons (Fsp3) is 0.211. The summed E-state index contributed by atoms with van der Waals surface area (Å²) in [6.45, 7) is 5.69. The second-order valence-electron chi connectivity index (χ2n) is 6.95. The van der Waals surface area contributed by atoms with Gasteiger partial charge in [-0.2, -0.15) is 5.26 Å². The molecule has 0 atom stereocenters. The number of benzene rings is 1. The van der Waals surface area contributed by atoms with Crippen molar-refractivity contribution in [3.8, 4) is 17.2 Å². The van der Waals surface area contributed by atoms with Gasteiger partial charge < -0.3 is 16.8 Å². The first kappa shape index (κ1) is 17.7. The van der Waals surface area contributed by atoms with Gasteiger partial charge in [-0.05, 0) is 26.3 Å². The van der Waals surface area contributed by atoms with Gasteiger partial charge in [0.05, 0.1) is 5.69 Å². The van der Waals surface area contributed by atoms with Gasteiger partial charge in [0, 0.05) is 16.5 Å². The van der Waals surface area contributed by atoms with E-state index < -0.39 is 5.54 Å². The summed E-state index contributed by atoms with van der Waals surface area (Å²) >= 11 is 1.18. The monoisotopic (exact) mass is 365 g/mol. The summed E-state index contributed by atoms with van der Waals surface area (Å²) in [5.74, 6) is -0.142. The number of rotatable bonds is 2. The van der Waals surface area contributed by atoms with Crippen LogP contribution in [0.3, 0.4) is 0 Å². The fourth-order valence-corrected chi connectivity index (χ4v) is 3.75. The molecule has 0 spiro atoms. The molecule has 0 aliphatic rings. The summed E-state index contributed by atoms with van der Waals surface area (Å²) in [5, 5.41) is 13.1. The van der Waals surface area contributed by atoms with Gasteiger partial charge in [-0.15, -0.1) is 11.3 Å². The maximum absolute atomic E-state index is 12.6. The molecule has 5 N–H and O–H groups in total. The van der Waals surface area contributed by atoms with E-state index in [2.05, 4.69) is 16.4 Å². The molecule has 1 aromatic carbocycles. The molecule has 0 fully saturated rings. The molecule has 6 nitrogen and oxygen atoms in total. The van der Waals surface area contributed by atoms with Crippen LogP contribution in [0.1, 0.15) is 36.0 Å². The minimum Gasteiger partial charge on any atom is -0.397 e. The normalized spacial score (nSPS) is 11.3. The number of carbonyl (C=O) groups excluding carboxylic acids is 1. The highest BCUT2D eigenvalue weighted by Gasteiger charge is 2.25. The van der Waals surface area contributed by atoms with Gasteiger partial charge in [-0.1, -0.05) is 30.3 Å². The molecule has 0 saturated heterocycles. The third-order valence-corrected chi connectivity index (χ3v) is 4.87. The average Bonchev–Trinajstić information content (AvgIpc) is 2.89. The summed E-state index contributed by atoms with van der Waals surface area (Å²) in [7, 11) is 0. The molecule has 0 unspecified atom stereocenters. The third kappa shape index (κ3) is 3.07. The van der Waals surface area contributed by atoms with Gasteiger partial charge in [-0.25, -0.2) is 4.98 Å². The number of amides is 1. The number of nitrogens with zero attached hydrogens (tertiary/aromatic N) is 2. The molecular weight excluding hydrogens is 346 g/mol. The lowest BCUT2D eigenvalue weighted by atomic mass is 9.97. The molecule has 0 aliphatic carbocycles. The van der Waals surface area contributed by atoms with Crippen LogP contribution < -0.4 is 16.8 Å². The van der Waals surface area contributed by atoms with Crippen LogP contribution in [0.2, 0.25) is 0 Å². The number of anilines is 2. The van der Waals surface area contributed by atoms with Crippen molar-refractivity contribution in [3.63, 3.8) is 0 Å². The van der Waals surface area contributed by atoms with Crippen molar-refractivity contribution < 1.29 is 4.79 Å². The Kier molecular flexibility index (Phi) is 4.30. The molecular formula is C19H19N5OS. The van der Waals surface area contributed by atoms with Crippen molar-refractivity contribution in [1.82, 2.24) is 10.3 Å². The highest BCUT2D eigenvalue weighted by atomic mass is 32.1. The Morgan fingerprint density at radius 3 is 2.46 bits per heavy atom. The van der Waals surface area contributed by atoms with Gasteiger partial charge >= 0.3 is 0 Å². The number of hydrogen-bond acceptors (Lipinski definition) is 6. The standard InChI is InChI=1S/C19H19N5OS/c1-19(2,3)24-17(25)15-14(21)13-12(10-7-5-4-6-8-10)11(9-20)16(22)23-18(13)26-15/h4-8H,21H2,1-3H3,(H2,22,23)(H,24,25). The smallest absolute Gasteiger partial charge is 0.263 e. The predicted octanol–water partition coefficient (Wildman–Crippen LogP) is 3.53. The van der Waals surface area contributed by atoms with Crippen molar-refractivity contribution in [2.45, 2.75) is 26.3 Å². The van der Waals surface area contributed by atoms with Crippen LogP contribution in [0, 0.1) is 11.3 Å². The van der Waals surface area contributed by atoms with Crippen LogP contribution in [0.25, 0.3) is 21.3 Å². The summed E-state index contributed by atoms with van der Waals surface area (Å²) in [6, 6.07) is 11.5. The van der Waals surface area contributed by atoms with Gasteiger partial charge in [0.25, 0.3) is 5.91 Å². The van der Waals surface area contributed by atoms with Gasteiger partial charge in [0.2, 0.25) is 0 Å². The van der Waals surface area contributed by atoms with E-state index in [4.69, 9.17) is 11.5 Å². The van der Waals surface area contributed by atoms with E-state index in [0.29, 0.717) is 26.3 Å². The Labute approximate surface area is 155 Å². The molecule has 0 saturated carbocycles. The number of aromatic nitrogens is 1.